The Kier molecular flexibility index (Phi) is 6.30. The molecule has 2 amide bonds. The van der Waals surface area contributed by atoms with Gasteiger partial charge in [0.1, 0.15) is 6.04 Å². The van der Waals surface area contributed by atoms with Crippen molar-refractivity contribution < 1.29 is 9.59 Å². The predicted molar refractivity (Wildman–Crippen MR) is 107 cm³/mol. The molecule has 1 unspecified atom stereocenters. The number of hydrogen-bond donors (Lipinski definition) is 3. The van der Waals surface area contributed by atoms with Crippen LogP contribution in [0, 0.1) is 0 Å². The summed E-state index contributed by atoms with van der Waals surface area (Å²) in [6.45, 7) is 0.541. The van der Waals surface area contributed by atoms with E-state index in [4.69, 9.17) is 5.73 Å². The maximum atomic E-state index is 12.2. The van der Waals surface area contributed by atoms with Crippen LogP contribution in [0.2, 0.25) is 0 Å². The molecule has 1 atom stereocenters. The lowest BCUT2D eigenvalue weighted by Crippen LogP contribution is -2.35. The highest BCUT2D eigenvalue weighted by Crippen LogP contribution is 2.14. The Hall–Kier alpha value is -3.03. The zero-order valence-corrected chi connectivity index (χ0v) is 15.4. The van der Waals surface area contributed by atoms with Gasteiger partial charge in [-0.3, -0.25) is 14.6 Å². The van der Waals surface area contributed by atoms with Gasteiger partial charge in [0.05, 0.1) is 0 Å². The molecule has 0 aliphatic heterocycles. The monoisotopic (exact) mass is 380 g/mol. The first-order valence-corrected chi connectivity index (χ1v) is 9.38. The summed E-state index contributed by atoms with van der Waals surface area (Å²) in [4.78, 5) is 29.6. The number of hydrogen-bond acceptors (Lipinski definition) is 5. The topological polar surface area (TPSA) is 97.1 Å². The van der Waals surface area contributed by atoms with Crippen LogP contribution in [-0.4, -0.2) is 23.3 Å². The Balaban J connectivity index is 1.53. The molecule has 3 rings (SSSR count). The van der Waals surface area contributed by atoms with E-state index in [9.17, 15) is 9.59 Å². The molecular formula is C20H20N4O2S. The SMILES string of the molecule is NC(C(=O)NCCc1cccs1)c1ccc(C(=O)Nc2ccncc2)cc1. The molecule has 0 aliphatic carbocycles. The minimum absolute atomic E-state index is 0.235. The predicted octanol–water partition coefficient (Wildman–Crippen LogP) is 2.75. The lowest BCUT2D eigenvalue weighted by molar-refractivity contribution is -0.122. The highest BCUT2D eigenvalue weighted by molar-refractivity contribution is 7.09. The first-order valence-electron chi connectivity index (χ1n) is 8.50. The Bertz CT molecular complexity index is 880. The van der Waals surface area contributed by atoms with Gasteiger partial charge in [0, 0.05) is 35.1 Å². The van der Waals surface area contributed by atoms with Crippen LogP contribution in [-0.2, 0) is 11.2 Å². The summed E-state index contributed by atoms with van der Waals surface area (Å²) in [7, 11) is 0. The number of amides is 2. The van der Waals surface area contributed by atoms with Crippen molar-refractivity contribution >= 4 is 28.8 Å². The van der Waals surface area contributed by atoms with Crippen LogP contribution in [0.5, 0.6) is 0 Å². The summed E-state index contributed by atoms with van der Waals surface area (Å²) in [5, 5.41) is 7.64. The molecule has 6 nitrogen and oxygen atoms in total. The van der Waals surface area contributed by atoms with Gasteiger partial charge in [-0.2, -0.15) is 0 Å². The van der Waals surface area contributed by atoms with E-state index in [1.54, 1.807) is 60.1 Å². The second kappa shape index (κ2) is 9.07. The molecule has 7 heteroatoms. The molecule has 2 heterocycles. The Morgan fingerprint density at radius 1 is 1.07 bits per heavy atom. The molecule has 138 valence electrons. The zero-order valence-electron chi connectivity index (χ0n) is 14.6. The molecule has 0 saturated carbocycles. The van der Waals surface area contributed by atoms with Gasteiger partial charge in [-0.1, -0.05) is 18.2 Å². The van der Waals surface area contributed by atoms with E-state index in [1.165, 1.54) is 4.88 Å². The molecule has 0 spiro atoms. The second-order valence-electron chi connectivity index (χ2n) is 5.91. The number of thiophene rings is 1. The molecule has 0 radical (unpaired) electrons. The minimum atomic E-state index is -0.773. The zero-order chi connectivity index (χ0) is 19.1. The highest BCUT2D eigenvalue weighted by Gasteiger charge is 2.16. The van der Waals surface area contributed by atoms with Crippen molar-refractivity contribution in [3.05, 3.63) is 82.3 Å². The molecule has 0 fully saturated rings. The van der Waals surface area contributed by atoms with Crippen molar-refractivity contribution in [3.63, 3.8) is 0 Å². The van der Waals surface area contributed by atoms with Gasteiger partial charge in [-0.05, 0) is 47.7 Å². The van der Waals surface area contributed by atoms with Crippen molar-refractivity contribution in [1.82, 2.24) is 10.3 Å². The Labute approximate surface area is 161 Å². The van der Waals surface area contributed by atoms with Crippen molar-refractivity contribution in [1.29, 1.82) is 0 Å². The van der Waals surface area contributed by atoms with E-state index in [2.05, 4.69) is 15.6 Å². The highest BCUT2D eigenvalue weighted by atomic mass is 32.1. The molecule has 0 aliphatic rings. The third-order valence-electron chi connectivity index (χ3n) is 4.00. The molecule has 0 bridgehead atoms. The molecule has 0 saturated heterocycles. The third-order valence-corrected chi connectivity index (χ3v) is 4.94. The quantitative estimate of drug-likeness (QED) is 0.587. The van der Waals surface area contributed by atoms with E-state index in [0.29, 0.717) is 23.4 Å². The summed E-state index contributed by atoms with van der Waals surface area (Å²) in [6, 6.07) is 13.4. The second-order valence-corrected chi connectivity index (χ2v) is 6.94. The van der Waals surface area contributed by atoms with Gasteiger partial charge in [-0.15, -0.1) is 11.3 Å². The smallest absolute Gasteiger partial charge is 0.255 e. The number of nitrogens with zero attached hydrogens (tertiary/aromatic N) is 1. The standard InChI is InChI=1S/C20H20N4O2S/c21-18(20(26)23-12-9-17-2-1-13-27-17)14-3-5-15(6-4-14)19(25)24-16-7-10-22-11-8-16/h1-8,10-11,13,18H,9,12,21H2,(H,23,26)(H,22,24,25). The molecule has 1 aromatic carbocycles. The van der Waals surface area contributed by atoms with Crippen molar-refractivity contribution in [3.8, 4) is 0 Å². The molecule has 2 aromatic heterocycles. The van der Waals surface area contributed by atoms with Crippen LogP contribution in [0.4, 0.5) is 5.69 Å². The maximum Gasteiger partial charge on any atom is 0.255 e. The van der Waals surface area contributed by atoms with Crippen LogP contribution in [0.1, 0.15) is 26.8 Å². The van der Waals surface area contributed by atoms with Gasteiger partial charge in [-0.25, -0.2) is 0 Å². The van der Waals surface area contributed by atoms with Crippen molar-refractivity contribution in [2.45, 2.75) is 12.5 Å². The fraction of sp³-hybridized carbons (Fsp3) is 0.150. The van der Waals surface area contributed by atoms with E-state index in [-0.39, 0.29) is 11.8 Å². The summed E-state index contributed by atoms with van der Waals surface area (Å²) >= 11 is 1.66. The number of rotatable bonds is 7. The summed E-state index contributed by atoms with van der Waals surface area (Å²) in [5.41, 5.74) is 7.84. The van der Waals surface area contributed by atoms with Crippen LogP contribution < -0.4 is 16.4 Å². The van der Waals surface area contributed by atoms with Gasteiger partial charge in [0.15, 0.2) is 0 Å². The Morgan fingerprint density at radius 3 is 2.48 bits per heavy atom. The summed E-state index contributed by atoms with van der Waals surface area (Å²) in [5.74, 6) is -0.470. The third kappa shape index (κ3) is 5.22. The number of aromatic nitrogens is 1. The van der Waals surface area contributed by atoms with E-state index in [1.807, 2.05) is 17.5 Å². The number of nitrogens with two attached hydrogens (primary N) is 1. The van der Waals surface area contributed by atoms with Crippen LogP contribution in [0.15, 0.2) is 66.3 Å². The Morgan fingerprint density at radius 2 is 1.81 bits per heavy atom. The van der Waals surface area contributed by atoms with Crippen LogP contribution in [0.3, 0.4) is 0 Å². The summed E-state index contributed by atoms with van der Waals surface area (Å²) < 4.78 is 0. The number of carbonyl (C=O) groups excluding carboxylic acids is 2. The molecule has 3 aromatic rings. The fourth-order valence-corrected chi connectivity index (χ4v) is 3.21. The van der Waals surface area contributed by atoms with E-state index < -0.39 is 6.04 Å². The average Bonchev–Trinajstić information content (AvgIpc) is 3.21. The van der Waals surface area contributed by atoms with Crippen molar-refractivity contribution in [2.24, 2.45) is 5.73 Å². The number of pyridine rings is 1. The normalized spacial score (nSPS) is 11.6. The van der Waals surface area contributed by atoms with Crippen molar-refractivity contribution in [2.75, 3.05) is 11.9 Å². The molecule has 4 N–H and O–H groups in total. The number of carbonyl (C=O) groups is 2. The van der Waals surface area contributed by atoms with E-state index >= 15 is 0 Å². The lowest BCUT2D eigenvalue weighted by atomic mass is 10.0. The number of benzene rings is 1. The largest absolute Gasteiger partial charge is 0.354 e. The van der Waals surface area contributed by atoms with E-state index in [0.717, 1.165) is 6.42 Å². The minimum Gasteiger partial charge on any atom is -0.354 e. The maximum absolute atomic E-state index is 12.2. The average molecular weight is 380 g/mol. The van der Waals surface area contributed by atoms with Gasteiger partial charge in [0.25, 0.3) is 5.91 Å². The lowest BCUT2D eigenvalue weighted by Gasteiger charge is -2.13. The first-order chi connectivity index (χ1) is 13.1. The van der Waals surface area contributed by atoms with Gasteiger partial charge >= 0.3 is 0 Å². The van der Waals surface area contributed by atoms with Gasteiger partial charge in [0.2, 0.25) is 5.91 Å². The number of anilines is 1. The molecule has 27 heavy (non-hydrogen) atoms. The van der Waals surface area contributed by atoms with Crippen LogP contribution >= 0.6 is 11.3 Å². The molecular weight excluding hydrogens is 360 g/mol. The summed E-state index contributed by atoms with van der Waals surface area (Å²) in [6.07, 6.45) is 3.99. The fourth-order valence-electron chi connectivity index (χ4n) is 2.51. The van der Waals surface area contributed by atoms with Gasteiger partial charge < -0.3 is 16.4 Å². The van der Waals surface area contributed by atoms with Crippen LogP contribution in [0.25, 0.3) is 0 Å². The first kappa shape index (κ1) is 18.8. The number of nitrogens with one attached hydrogen (secondary N) is 2.